The maximum absolute atomic E-state index is 12.2. The van der Waals surface area contributed by atoms with Gasteiger partial charge in [0.25, 0.3) is 5.56 Å². The van der Waals surface area contributed by atoms with Crippen LogP contribution in [0.1, 0.15) is 36.4 Å². The Labute approximate surface area is 153 Å². The van der Waals surface area contributed by atoms with Crippen molar-refractivity contribution in [3.8, 4) is 0 Å². The molecular formula is C20H26N4O2. The minimum atomic E-state index is -0.273. The standard InChI is InChI=1S/C20H26N4O2/c1-22-18(12-19(25)23(2)20(22)26)24-11-10-15(13-24)21-17-9-5-7-14-6-3-4-8-16(14)17/h3-4,6,8,12,15,17,21H,5,7,9-11,13H2,1-2H3/t15-,17?/m0/s1. The molecule has 1 aliphatic carbocycles. The van der Waals surface area contributed by atoms with Gasteiger partial charge in [0.1, 0.15) is 5.82 Å². The molecule has 6 nitrogen and oxygen atoms in total. The minimum Gasteiger partial charge on any atom is -0.356 e. The van der Waals surface area contributed by atoms with E-state index in [1.54, 1.807) is 17.7 Å². The van der Waals surface area contributed by atoms with Crippen molar-refractivity contribution in [1.82, 2.24) is 14.5 Å². The lowest BCUT2D eigenvalue weighted by Gasteiger charge is -2.29. The summed E-state index contributed by atoms with van der Waals surface area (Å²) in [4.78, 5) is 26.3. The minimum absolute atomic E-state index is 0.249. The van der Waals surface area contributed by atoms with E-state index in [-0.39, 0.29) is 11.2 Å². The number of rotatable bonds is 3. The molecule has 26 heavy (non-hydrogen) atoms. The molecule has 0 saturated carbocycles. The van der Waals surface area contributed by atoms with Crippen LogP contribution in [0.5, 0.6) is 0 Å². The zero-order valence-electron chi connectivity index (χ0n) is 15.4. The molecule has 1 aromatic carbocycles. The van der Waals surface area contributed by atoms with Gasteiger partial charge < -0.3 is 10.2 Å². The second-order valence-electron chi connectivity index (χ2n) is 7.48. The molecule has 0 bridgehead atoms. The summed E-state index contributed by atoms with van der Waals surface area (Å²) in [6.45, 7) is 1.67. The Kier molecular flexibility index (Phi) is 4.44. The van der Waals surface area contributed by atoms with Crippen molar-refractivity contribution in [1.29, 1.82) is 0 Å². The predicted octanol–water partition coefficient (Wildman–Crippen LogP) is 1.33. The number of hydrogen-bond donors (Lipinski definition) is 1. The number of nitrogens with one attached hydrogen (secondary N) is 1. The first kappa shape index (κ1) is 17.1. The summed E-state index contributed by atoms with van der Waals surface area (Å²) in [6, 6.07) is 11.1. The van der Waals surface area contributed by atoms with Gasteiger partial charge in [-0.2, -0.15) is 0 Å². The normalized spacial score (nSPS) is 22.5. The second kappa shape index (κ2) is 6.76. The zero-order chi connectivity index (χ0) is 18.3. The maximum atomic E-state index is 12.2. The van der Waals surface area contributed by atoms with E-state index in [0.717, 1.165) is 30.5 Å². The van der Waals surface area contributed by atoms with E-state index in [1.165, 1.54) is 31.0 Å². The Hall–Kier alpha value is -2.34. The highest BCUT2D eigenvalue weighted by Gasteiger charge is 2.28. The summed E-state index contributed by atoms with van der Waals surface area (Å²) >= 11 is 0. The van der Waals surface area contributed by atoms with Gasteiger partial charge in [-0.05, 0) is 36.8 Å². The number of anilines is 1. The topological polar surface area (TPSA) is 59.3 Å². The third-order valence-electron chi connectivity index (χ3n) is 5.82. The second-order valence-corrected chi connectivity index (χ2v) is 7.48. The van der Waals surface area contributed by atoms with Crippen LogP contribution in [0.4, 0.5) is 5.82 Å². The van der Waals surface area contributed by atoms with Crippen LogP contribution >= 0.6 is 0 Å². The molecule has 1 unspecified atom stereocenters. The molecule has 0 spiro atoms. The van der Waals surface area contributed by atoms with E-state index in [0.29, 0.717) is 17.9 Å². The molecule has 2 aromatic rings. The summed E-state index contributed by atoms with van der Waals surface area (Å²) in [5, 5.41) is 3.82. The van der Waals surface area contributed by atoms with Crippen LogP contribution in [0.15, 0.2) is 39.9 Å². The average molecular weight is 354 g/mol. The predicted molar refractivity (Wildman–Crippen MR) is 103 cm³/mol. The van der Waals surface area contributed by atoms with Crippen LogP contribution < -0.4 is 21.5 Å². The fourth-order valence-electron chi connectivity index (χ4n) is 4.34. The van der Waals surface area contributed by atoms with Gasteiger partial charge in [-0.1, -0.05) is 24.3 Å². The number of aryl methyl sites for hydroxylation is 1. The summed E-state index contributed by atoms with van der Waals surface area (Å²) in [5.74, 6) is 0.714. The smallest absolute Gasteiger partial charge is 0.332 e. The van der Waals surface area contributed by atoms with Crippen molar-refractivity contribution >= 4 is 5.82 Å². The van der Waals surface area contributed by atoms with Crippen LogP contribution in [0, 0.1) is 0 Å². The van der Waals surface area contributed by atoms with Crippen LogP contribution in [0.3, 0.4) is 0 Å². The fourth-order valence-corrected chi connectivity index (χ4v) is 4.34. The van der Waals surface area contributed by atoms with Crippen LogP contribution in [-0.4, -0.2) is 28.3 Å². The molecule has 1 aromatic heterocycles. The molecule has 6 heteroatoms. The molecule has 2 heterocycles. The average Bonchev–Trinajstić information content (AvgIpc) is 3.11. The summed E-state index contributed by atoms with van der Waals surface area (Å²) in [5.41, 5.74) is 2.36. The number of benzene rings is 1. The largest absolute Gasteiger partial charge is 0.356 e. The third kappa shape index (κ3) is 2.98. The van der Waals surface area contributed by atoms with Gasteiger partial charge in [0.05, 0.1) is 0 Å². The number of hydrogen-bond acceptors (Lipinski definition) is 4. The van der Waals surface area contributed by atoms with Crippen molar-refractivity contribution in [3.63, 3.8) is 0 Å². The SMILES string of the molecule is Cn1c(N2CC[C@H](NC3CCCc4ccccc43)C2)cc(=O)n(C)c1=O. The van der Waals surface area contributed by atoms with Crippen LogP contribution in [0.2, 0.25) is 0 Å². The molecule has 1 N–H and O–H groups in total. The number of nitrogens with zero attached hydrogens (tertiary/aromatic N) is 3. The van der Waals surface area contributed by atoms with Crippen LogP contribution in [0.25, 0.3) is 0 Å². The third-order valence-corrected chi connectivity index (χ3v) is 5.82. The monoisotopic (exact) mass is 354 g/mol. The first-order valence-electron chi connectivity index (χ1n) is 9.40. The maximum Gasteiger partial charge on any atom is 0.332 e. The van der Waals surface area contributed by atoms with Gasteiger partial charge >= 0.3 is 5.69 Å². The van der Waals surface area contributed by atoms with E-state index >= 15 is 0 Å². The molecule has 1 aliphatic heterocycles. The van der Waals surface area contributed by atoms with E-state index in [9.17, 15) is 9.59 Å². The highest BCUT2D eigenvalue weighted by Crippen LogP contribution is 2.31. The van der Waals surface area contributed by atoms with Crippen molar-refractivity contribution < 1.29 is 0 Å². The van der Waals surface area contributed by atoms with Gasteiger partial charge in [-0.3, -0.25) is 13.9 Å². The quantitative estimate of drug-likeness (QED) is 0.903. The number of aromatic nitrogens is 2. The molecular weight excluding hydrogens is 328 g/mol. The number of fused-ring (bicyclic) bond motifs is 1. The Morgan fingerprint density at radius 3 is 2.73 bits per heavy atom. The van der Waals surface area contributed by atoms with Gasteiger partial charge in [0, 0.05) is 45.3 Å². The first-order chi connectivity index (χ1) is 12.5. The summed E-state index contributed by atoms with van der Waals surface area (Å²) < 4.78 is 2.72. The summed E-state index contributed by atoms with van der Waals surface area (Å²) in [6.07, 6.45) is 4.56. The molecule has 0 radical (unpaired) electrons. The Morgan fingerprint density at radius 1 is 1.08 bits per heavy atom. The van der Waals surface area contributed by atoms with Crippen molar-refractivity contribution in [2.24, 2.45) is 14.1 Å². The van der Waals surface area contributed by atoms with Crippen molar-refractivity contribution in [2.45, 2.75) is 37.8 Å². The van der Waals surface area contributed by atoms with Crippen molar-refractivity contribution in [3.05, 3.63) is 62.3 Å². The van der Waals surface area contributed by atoms with E-state index in [1.807, 2.05) is 0 Å². The van der Waals surface area contributed by atoms with E-state index < -0.39 is 0 Å². The van der Waals surface area contributed by atoms with Gasteiger partial charge in [-0.15, -0.1) is 0 Å². The lowest BCUT2D eigenvalue weighted by Crippen LogP contribution is -2.41. The fraction of sp³-hybridized carbons (Fsp3) is 0.500. The molecule has 1 saturated heterocycles. The Morgan fingerprint density at radius 2 is 1.88 bits per heavy atom. The highest BCUT2D eigenvalue weighted by atomic mass is 16.2. The molecule has 2 atom stereocenters. The molecule has 138 valence electrons. The molecule has 4 rings (SSSR count). The lowest BCUT2D eigenvalue weighted by atomic mass is 9.87. The molecule has 1 fully saturated rings. The first-order valence-corrected chi connectivity index (χ1v) is 9.40. The van der Waals surface area contributed by atoms with Gasteiger partial charge in [0.15, 0.2) is 0 Å². The Bertz CT molecular complexity index is 930. The van der Waals surface area contributed by atoms with E-state index in [4.69, 9.17) is 0 Å². The van der Waals surface area contributed by atoms with Crippen LogP contribution in [-0.2, 0) is 20.5 Å². The van der Waals surface area contributed by atoms with E-state index in [2.05, 4.69) is 34.5 Å². The molecule has 2 aliphatic rings. The summed E-state index contributed by atoms with van der Waals surface area (Å²) in [7, 11) is 3.25. The highest BCUT2D eigenvalue weighted by molar-refractivity contribution is 5.40. The molecule has 0 amide bonds. The Balaban J connectivity index is 1.51. The zero-order valence-corrected chi connectivity index (χ0v) is 15.4. The van der Waals surface area contributed by atoms with Gasteiger partial charge in [-0.25, -0.2) is 4.79 Å². The van der Waals surface area contributed by atoms with Crippen molar-refractivity contribution in [2.75, 3.05) is 18.0 Å². The van der Waals surface area contributed by atoms with Gasteiger partial charge in [0.2, 0.25) is 0 Å². The lowest BCUT2D eigenvalue weighted by molar-refractivity contribution is 0.409.